The van der Waals surface area contributed by atoms with Crippen LogP contribution in [0, 0.1) is 10.8 Å². The first kappa shape index (κ1) is 17.5. The molecule has 1 unspecified atom stereocenters. The monoisotopic (exact) mass is 351 g/mol. The van der Waals surface area contributed by atoms with E-state index in [-0.39, 0.29) is 11.3 Å². The van der Waals surface area contributed by atoms with Crippen LogP contribution >= 0.6 is 0 Å². The van der Waals surface area contributed by atoms with Gasteiger partial charge in [0.1, 0.15) is 0 Å². The number of allylic oxidation sites excluding steroid dienone is 1. The van der Waals surface area contributed by atoms with Gasteiger partial charge in [0.25, 0.3) is 0 Å². The Morgan fingerprint density at radius 2 is 1.33 bits per heavy atom. The van der Waals surface area contributed by atoms with E-state index in [9.17, 15) is 0 Å². The van der Waals surface area contributed by atoms with Crippen molar-refractivity contribution in [1.29, 1.82) is 5.41 Å². The van der Waals surface area contributed by atoms with E-state index in [1.165, 1.54) is 27.8 Å². The Balaban J connectivity index is 1.92. The maximum Gasteiger partial charge on any atom is 0.0442 e. The van der Waals surface area contributed by atoms with Crippen molar-refractivity contribution >= 4 is 17.4 Å². The van der Waals surface area contributed by atoms with Crippen LogP contribution in [0.1, 0.15) is 54.5 Å². The van der Waals surface area contributed by atoms with Gasteiger partial charge in [-0.25, -0.2) is 0 Å². The summed E-state index contributed by atoms with van der Waals surface area (Å²) in [5.74, 6) is 0.155. The summed E-state index contributed by atoms with van der Waals surface area (Å²) in [6.45, 7) is 6.34. The summed E-state index contributed by atoms with van der Waals surface area (Å²) in [6.07, 6.45) is 2.31. The minimum atomic E-state index is -0.190. The maximum atomic E-state index is 8.82. The third kappa shape index (κ3) is 3.14. The van der Waals surface area contributed by atoms with Gasteiger partial charge in [-0.2, -0.15) is 0 Å². The molecular weight excluding hydrogens is 326 g/mol. The average Bonchev–Trinajstić information content (AvgIpc) is 3.07. The lowest BCUT2D eigenvalue weighted by Gasteiger charge is -2.26. The van der Waals surface area contributed by atoms with Crippen molar-refractivity contribution in [1.82, 2.24) is 0 Å². The zero-order chi connectivity index (χ0) is 19.0. The van der Waals surface area contributed by atoms with E-state index in [4.69, 9.17) is 5.41 Å². The molecule has 3 aromatic rings. The third-order valence-corrected chi connectivity index (χ3v) is 5.33. The molecule has 0 saturated heterocycles. The molecular formula is C26H25N. The van der Waals surface area contributed by atoms with E-state index >= 15 is 0 Å². The van der Waals surface area contributed by atoms with Gasteiger partial charge in [0.05, 0.1) is 0 Å². The molecule has 0 radical (unpaired) electrons. The molecule has 1 aliphatic rings. The third-order valence-electron chi connectivity index (χ3n) is 5.33. The van der Waals surface area contributed by atoms with Crippen molar-refractivity contribution in [2.24, 2.45) is 5.41 Å². The van der Waals surface area contributed by atoms with E-state index in [1.807, 2.05) is 6.07 Å². The zero-order valence-corrected chi connectivity index (χ0v) is 16.2. The number of nitrogens with one attached hydrogen (secondary N) is 1. The Hall–Kier alpha value is -2.93. The number of hydrogen-bond donors (Lipinski definition) is 1. The first-order valence-electron chi connectivity index (χ1n) is 9.51. The summed E-state index contributed by atoms with van der Waals surface area (Å²) in [5, 5.41) is 8.82. The zero-order valence-electron chi connectivity index (χ0n) is 16.2. The van der Waals surface area contributed by atoms with Crippen molar-refractivity contribution in [2.45, 2.75) is 26.7 Å². The molecule has 0 spiro atoms. The van der Waals surface area contributed by atoms with Crippen LogP contribution in [0.15, 0.2) is 78.9 Å². The Morgan fingerprint density at radius 1 is 0.741 bits per heavy atom. The molecule has 0 aliphatic heterocycles. The summed E-state index contributed by atoms with van der Waals surface area (Å²) in [6, 6.07) is 27.7. The van der Waals surface area contributed by atoms with E-state index < -0.39 is 0 Å². The van der Waals surface area contributed by atoms with Crippen molar-refractivity contribution in [3.05, 3.63) is 107 Å². The molecule has 27 heavy (non-hydrogen) atoms. The highest BCUT2D eigenvalue weighted by Crippen LogP contribution is 2.47. The van der Waals surface area contributed by atoms with Crippen LogP contribution < -0.4 is 0 Å². The van der Waals surface area contributed by atoms with Gasteiger partial charge in [0.15, 0.2) is 0 Å². The number of benzene rings is 3. The molecule has 0 saturated carbocycles. The lowest BCUT2D eigenvalue weighted by atomic mass is 9.78. The van der Waals surface area contributed by atoms with E-state index in [0.717, 1.165) is 5.56 Å². The van der Waals surface area contributed by atoms with Crippen LogP contribution in [0.4, 0.5) is 0 Å². The van der Waals surface area contributed by atoms with E-state index in [0.29, 0.717) is 5.71 Å². The fraction of sp³-hybridized carbons (Fsp3) is 0.192. The number of hydrogen-bond acceptors (Lipinski definition) is 1. The highest BCUT2D eigenvalue weighted by atomic mass is 14.5. The van der Waals surface area contributed by atoms with Crippen molar-refractivity contribution in [2.75, 3.05) is 0 Å². The van der Waals surface area contributed by atoms with Crippen LogP contribution in [0.2, 0.25) is 0 Å². The molecule has 0 heterocycles. The number of rotatable bonds is 3. The van der Waals surface area contributed by atoms with E-state index in [1.54, 1.807) is 0 Å². The summed E-state index contributed by atoms with van der Waals surface area (Å²) in [4.78, 5) is 0. The smallest absolute Gasteiger partial charge is 0.0442 e. The standard InChI is InChI=1S/C26H25N/c1-26(2,3)25(27)22-16-10-9-15-21(22)24-20-14-8-7-13-19(20)17-23(24)18-11-5-4-6-12-18/h4-17,24,27H,1-3H3. The molecule has 0 fully saturated rings. The topological polar surface area (TPSA) is 23.9 Å². The molecule has 1 atom stereocenters. The molecule has 134 valence electrons. The fourth-order valence-corrected chi connectivity index (χ4v) is 3.92. The molecule has 0 bridgehead atoms. The first-order valence-corrected chi connectivity index (χ1v) is 9.51. The van der Waals surface area contributed by atoms with Gasteiger partial charge < -0.3 is 5.41 Å². The molecule has 1 N–H and O–H groups in total. The van der Waals surface area contributed by atoms with Gasteiger partial charge in [-0.1, -0.05) is 99.6 Å². The largest absolute Gasteiger partial charge is 0.304 e. The molecule has 0 amide bonds. The summed E-state index contributed by atoms with van der Waals surface area (Å²) >= 11 is 0. The molecule has 1 heteroatoms. The second-order valence-corrected chi connectivity index (χ2v) is 8.24. The van der Waals surface area contributed by atoms with Crippen molar-refractivity contribution < 1.29 is 0 Å². The summed E-state index contributed by atoms with van der Waals surface area (Å²) in [7, 11) is 0. The first-order chi connectivity index (χ1) is 13.0. The van der Waals surface area contributed by atoms with Crippen LogP contribution in [-0.4, -0.2) is 5.71 Å². The van der Waals surface area contributed by atoms with Gasteiger partial charge >= 0.3 is 0 Å². The number of fused-ring (bicyclic) bond motifs is 1. The van der Waals surface area contributed by atoms with Gasteiger partial charge in [-0.3, -0.25) is 0 Å². The normalized spacial score (nSPS) is 16.0. The van der Waals surface area contributed by atoms with Crippen LogP contribution in [0.5, 0.6) is 0 Å². The lowest BCUT2D eigenvalue weighted by molar-refractivity contribution is 0.588. The quantitative estimate of drug-likeness (QED) is 0.503. The molecule has 1 nitrogen and oxygen atoms in total. The lowest BCUT2D eigenvalue weighted by Crippen LogP contribution is -2.22. The Bertz CT molecular complexity index is 1020. The predicted octanol–water partition coefficient (Wildman–Crippen LogP) is 6.79. The maximum absolute atomic E-state index is 8.82. The Morgan fingerprint density at radius 3 is 2.04 bits per heavy atom. The Kier molecular flexibility index (Phi) is 4.31. The summed E-state index contributed by atoms with van der Waals surface area (Å²) < 4.78 is 0. The minimum Gasteiger partial charge on any atom is -0.304 e. The molecule has 0 aromatic heterocycles. The van der Waals surface area contributed by atoms with Crippen molar-refractivity contribution in [3.8, 4) is 0 Å². The second kappa shape index (κ2) is 6.66. The molecule has 1 aliphatic carbocycles. The van der Waals surface area contributed by atoms with Gasteiger partial charge in [-0.05, 0) is 39.5 Å². The Labute approximate surface area is 161 Å². The summed E-state index contributed by atoms with van der Waals surface area (Å²) in [5.41, 5.74) is 7.93. The van der Waals surface area contributed by atoms with Crippen LogP contribution in [-0.2, 0) is 0 Å². The van der Waals surface area contributed by atoms with Crippen LogP contribution in [0.3, 0.4) is 0 Å². The SMILES string of the molecule is CC(C)(C)C(=N)c1ccccc1C1C(c2ccccc2)=Cc2ccccc21. The minimum absolute atomic E-state index is 0.155. The predicted molar refractivity (Wildman–Crippen MR) is 115 cm³/mol. The van der Waals surface area contributed by atoms with Crippen LogP contribution in [0.25, 0.3) is 11.6 Å². The highest BCUT2D eigenvalue weighted by molar-refractivity contribution is 6.05. The highest BCUT2D eigenvalue weighted by Gasteiger charge is 2.31. The average molecular weight is 351 g/mol. The fourth-order valence-electron chi connectivity index (χ4n) is 3.92. The second-order valence-electron chi connectivity index (χ2n) is 8.24. The van der Waals surface area contributed by atoms with Gasteiger partial charge in [0.2, 0.25) is 0 Å². The molecule has 3 aromatic carbocycles. The van der Waals surface area contributed by atoms with Crippen molar-refractivity contribution in [3.63, 3.8) is 0 Å². The van der Waals surface area contributed by atoms with E-state index in [2.05, 4.69) is 99.6 Å². The van der Waals surface area contributed by atoms with Gasteiger partial charge in [-0.15, -0.1) is 0 Å². The molecule has 4 rings (SSSR count). The van der Waals surface area contributed by atoms with Gasteiger partial charge in [0, 0.05) is 17.0 Å².